The number of nitrogens with zero attached hydrogens (tertiary/aromatic N) is 2. The van der Waals surface area contributed by atoms with Crippen molar-refractivity contribution in [2.24, 2.45) is 11.1 Å². The van der Waals surface area contributed by atoms with E-state index in [0.29, 0.717) is 13.0 Å². The lowest BCUT2D eigenvalue weighted by atomic mass is 9.75. The lowest BCUT2D eigenvalue weighted by Crippen LogP contribution is -2.39. The SMILES string of the molecule is NCC1(C(=O)Cc2cn3ccsc3n2)CCCCCC1. The van der Waals surface area contributed by atoms with Crippen molar-refractivity contribution < 1.29 is 4.79 Å². The van der Waals surface area contributed by atoms with Crippen LogP contribution < -0.4 is 5.73 Å². The molecule has 2 heterocycles. The highest BCUT2D eigenvalue weighted by molar-refractivity contribution is 7.15. The second-order valence-corrected chi connectivity index (χ2v) is 6.70. The van der Waals surface area contributed by atoms with Gasteiger partial charge in [-0.05, 0) is 12.8 Å². The molecule has 0 aromatic carbocycles. The number of hydrogen-bond donors (Lipinski definition) is 1. The number of ketones is 1. The molecule has 2 N–H and O–H groups in total. The molecular weight excluding hydrogens is 270 g/mol. The Labute approximate surface area is 123 Å². The van der Waals surface area contributed by atoms with Crippen LogP contribution in [0.5, 0.6) is 0 Å². The van der Waals surface area contributed by atoms with Crippen LogP contribution in [0.25, 0.3) is 4.96 Å². The molecule has 20 heavy (non-hydrogen) atoms. The van der Waals surface area contributed by atoms with Crippen molar-refractivity contribution in [3.05, 3.63) is 23.5 Å². The second-order valence-electron chi connectivity index (χ2n) is 5.82. The number of aromatic nitrogens is 2. The van der Waals surface area contributed by atoms with Crippen LogP contribution in [0.4, 0.5) is 0 Å². The third-order valence-electron chi connectivity index (χ3n) is 4.53. The molecule has 1 saturated carbocycles. The first-order chi connectivity index (χ1) is 9.73. The summed E-state index contributed by atoms with van der Waals surface area (Å²) in [6, 6.07) is 0. The fourth-order valence-corrected chi connectivity index (χ4v) is 3.93. The van der Waals surface area contributed by atoms with Crippen LogP contribution in [-0.2, 0) is 11.2 Å². The van der Waals surface area contributed by atoms with Gasteiger partial charge in [-0.15, -0.1) is 11.3 Å². The molecule has 108 valence electrons. The molecule has 0 unspecified atom stereocenters. The lowest BCUT2D eigenvalue weighted by Gasteiger charge is -2.29. The molecule has 3 rings (SSSR count). The number of fused-ring (bicyclic) bond motifs is 1. The molecule has 0 aliphatic heterocycles. The summed E-state index contributed by atoms with van der Waals surface area (Å²) in [5.74, 6) is 0.285. The Morgan fingerprint density at radius 2 is 2.10 bits per heavy atom. The van der Waals surface area contributed by atoms with Gasteiger partial charge >= 0.3 is 0 Å². The van der Waals surface area contributed by atoms with Crippen LogP contribution >= 0.6 is 11.3 Å². The van der Waals surface area contributed by atoms with Gasteiger partial charge in [-0.25, -0.2) is 4.98 Å². The Morgan fingerprint density at radius 3 is 2.75 bits per heavy atom. The van der Waals surface area contributed by atoms with E-state index >= 15 is 0 Å². The Bertz CT molecular complexity index is 565. The van der Waals surface area contributed by atoms with Crippen LogP contribution in [0.3, 0.4) is 0 Å². The van der Waals surface area contributed by atoms with Crippen LogP contribution in [0, 0.1) is 5.41 Å². The maximum Gasteiger partial charge on any atom is 0.193 e. The van der Waals surface area contributed by atoms with Crippen molar-refractivity contribution in [2.45, 2.75) is 44.9 Å². The first kappa shape index (κ1) is 13.8. The average Bonchev–Trinajstić information content (AvgIpc) is 2.92. The van der Waals surface area contributed by atoms with Crippen molar-refractivity contribution in [2.75, 3.05) is 6.54 Å². The highest BCUT2D eigenvalue weighted by Crippen LogP contribution is 2.36. The lowest BCUT2D eigenvalue weighted by molar-refractivity contribution is -0.128. The third kappa shape index (κ3) is 2.52. The van der Waals surface area contributed by atoms with E-state index in [1.807, 2.05) is 22.2 Å². The smallest absolute Gasteiger partial charge is 0.193 e. The number of hydrogen-bond acceptors (Lipinski definition) is 4. The number of rotatable bonds is 4. The van der Waals surface area contributed by atoms with E-state index in [0.717, 1.165) is 36.3 Å². The highest BCUT2D eigenvalue weighted by atomic mass is 32.1. The van der Waals surface area contributed by atoms with Crippen molar-refractivity contribution in [3.63, 3.8) is 0 Å². The topological polar surface area (TPSA) is 60.4 Å². The normalized spacial score (nSPS) is 19.1. The van der Waals surface area contributed by atoms with Gasteiger partial charge in [0.05, 0.1) is 12.1 Å². The zero-order chi connectivity index (χ0) is 14.0. The average molecular weight is 291 g/mol. The summed E-state index contributed by atoms with van der Waals surface area (Å²) in [4.78, 5) is 18.2. The zero-order valence-corrected chi connectivity index (χ0v) is 12.5. The summed E-state index contributed by atoms with van der Waals surface area (Å²) < 4.78 is 1.98. The number of carbonyl (C=O) groups excluding carboxylic acids is 1. The Kier molecular flexibility index (Phi) is 3.89. The maximum atomic E-state index is 12.7. The van der Waals surface area contributed by atoms with E-state index in [1.54, 1.807) is 11.3 Å². The number of thiazole rings is 1. The molecule has 1 fully saturated rings. The molecule has 0 amide bonds. The van der Waals surface area contributed by atoms with Crippen molar-refractivity contribution in [1.82, 2.24) is 9.38 Å². The molecule has 0 bridgehead atoms. The second kappa shape index (κ2) is 5.66. The molecule has 0 spiro atoms. The number of Topliss-reactive ketones (excluding diaryl/α,β-unsaturated/α-hetero) is 1. The fraction of sp³-hybridized carbons (Fsp3) is 0.600. The van der Waals surface area contributed by atoms with E-state index in [2.05, 4.69) is 4.98 Å². The number of carbonyl (C=O) groups is 1. The quantitative estimate of drug-likeness (QED) is 0.881. The zero-order valence-electron chi connectivity index (χ0n) is 11.7. The minimum atomic E-state index is -0.298. The molecule has 5 heteroatoms. The molecule has 2 aromatic heterocycles. The minimum absolute atomic E-state index is 0.285. The summed E-state index contributed by atoms with van der Waals surface area (Å²) in [7, 11) is 0. The van der Waals surface area contributed by atoms with Gasteiger partial charge in [-0.3, -0.25) is 9.20 Å². The van der Waals surface area contributed by atoms with E-state index in [1.165, 1.54) is 12.8 Å². The Hall–Kier alpha value is -1.20. The largest absolute Gasteiger partial charge is 0.329 e. The first-order valence-corrected chi connectivity index (χ1v) is 8.26. The molecule has 0 saturated heterocycles. The standard InChI is InChI=1S/C15H21N3OS/c16-11-15(5-3-1-2-4-6-15)13(19)9-12-10-18-7-8-20-14(18)17-12/h7-8,10H,1-6,9,11,16H2. The minimum Gasteiger partial charge on any atom is -0.329 e. The van der Waals surface area contributed by atoms with Crippen molar-refractivity contribution in [1.29, 1.82) is 0 Å². The van der Waals surface area contributed by atoms with Crippen molar-refractivity contribution >= 4 is 22.1 Å². The van der Waals surface area contributed by atoms with Gasteiger partial charge in [0.2, 0.25) is 0 Å². The molecule has 1 aliphatic rings. The predicted molar refractivity (Wildman–Crippen MR) is 81.0 cm³/mol. The van der Waals surface area contributed by atoms with Gasteiger partial charge in [0, 0.05) is 29.7 Å². The third-order valence-corrected chi connectivity index (χ3v) is 5.30. The highest BCUT2D eigenvalue weighted by Gasteiger charge is 2.36. The van der Waals surface area contributed by atoms with E-state index < -0.39 is 0 Å². The van der Waals surface area contributed by atoms with Crippen molar-refractivity contribution in [3.8, 4) is 0 Å². The van der Waals surface area contributed by atoms with Gasteiger partial charge in [0.15, 0.2) is 4.96 Å². The molecule has 4 nitrogen and oxygen atoms in total. The molecule has 2 aromatic rings. The summed E-state index contributed by atoms with van der Waals surface area (Å²) in [6.07, 6.45) is 11.0. The first-order valence-electron chi connectivity index (χ1n) is 7.38. The molecule has 0 radical (unpaired) electrons. The molecule has 1 aliphatic carbocycles. The van der Waals surface area contributed by atoms with E-state index in [9.17, 15) is 4.79 Å². The number of imidazole rings is 1. The molecular formula is C15H21N3OS. The summed E-state index contributed by atoms with van der Waals surface area (Å²) in [5.41, 5.74) is 6.55. The van der Waals surface area contributed by atoms with Crippen LogP contribution in [0.1, 0.15) is 44.2 Å². The summed E-state index contributed by atoms with van der Waals surface area (Å²) in [5, 5.41) is 2.00. The summed E-state index contributed by atoms with van der Waals surface area (Å²) in [6.45, 7) is 0.480. The van der Waals surface area contributed by atoms with E-state index in [-0.39, 0.29) is 11.2 Å². The van der Waals surface area contributed by atoms with E-state index in [4.69, 9.17) is 5.73 Å². The van der Waals surface area contributed by atoms with Gasteiger partial charge in [0.1, 0.15) is 5.78 Å². The molecule has 0 atom stereocenters. The fourth-order valence-electron chi connectivity index (χ4n) is 3.22. The van der Waals surface area contributed by atoms with Gasteiger partial charge < -0.3 is 5.73 Å². The Morgan fingerprint density at radius 1 is 1.35 bits per heavy atom. The van der Waals surface area contributed by atoms with Gasteiger partial charge in [0.25, 0.3) is 0 Å². The van der Waals surface area contributed by atoms with Gasteiger partial charge in [-0.2, -0.15) is 0 Å². The Balaban J connectivity index is 1.77. The predicted octanol–water partition coefficient (Wildman–Crippen LogP) is 2.81. The summed E-state index contributed by atoms with van der Waals surface area (Å²) >= 11 is 1.59. The number of nitrogens with two attached hydrogens (primary N) is 1. The van der Waals surface area contributed by atoms with Gasteiger partial charge in [-0.1, -0.05) is 25.7 Å². The maximum absolute atomic E-state index is 12.7. The monoisotopic (exact) mass is 291 g/mol. The van der Waals surface area contributed by atoms with Crippen LogP contribution in [-0.4, -0.2) is 21.7 Å². The van der Waals surface area contributed by atoms with Crippen LogP contribution in [0.15, 0.2) is 17.8 Å². The van der Waals surface area contributed by atoms with Crippen LogP contribution in [0.2, 0.25) is 0 Å².